The Morgan fingerprint density at radius 1 is 1.38 bits per heavy atom. The van der Waals surface area contributed by atoms with Crippen molar-refractivity contribution >= 4 is 5.97 Å². The molecule has 3 atom stereocenters. The molecule has 1 aromatic rings. The summed E-state index contributed by atoms with van der Waals surface area (Å²) in [6.45, 7) is 0.256. The lowest BCUT2D eigenvalue weighted by atomic mass is 9.92. The van der Waals surface area contributed by atoms with Gasteiger partial charge in [-0.05, 0) is 42.4 Å². The van der Waals surface area contributed by atoms with Crippen LogP contribution in [0, 0.1) is 11.8 Å². The molecule has 4 heteroatoms. The van der Waals surface area contributed by atoms with Crippen LogP contribution in [0.25, 0.3) is 0 Å². The number of rotatable bonds is 4. The highest BCUT2D eigenvalue weighted by Crippen LogP contribution is 2.49. The maximum absolute atomic E-state index is 12.2. The fraction of sp³-hybridized carbons (Fsp3) is 0.353. The fourth-order valence-electron chi connectivity index (χ4n) is 2.85. The molecule has 0 spiro atoms. The van der Waals surface area contributed by atoms with Crippen molar-refractivity contribution in [1.82, 2.24) is 0 Å². The minimum atomic E-state index is -0.870. The maximum Gasteiger partial charge on any atom is 0.326 e. The number of aliphatic hydroxyl groups excluding tert-OH is 1. The zero-order valence-electron chi connectivity index (χ0n) is 11.7. The van der Waals surface area contributed by atoms with Crippen molar-refractivity contribution in [2.75, 3.05) is 0 Å². The SMILES string of the molecule is NC1(C(=O)OCc2ccccc2)CC1C1C=CC(O)=CC1. The third-order valence-electron chi connectivity index (χ3n) is 4.28. The lowest BCUT2D eigenvalue weighted by molar-refractivity contribution is -0.148. The summed E-state index contributed by atoms with van der Waals surface area (Å²) in [7, 11) is 0. The number of carbonyl (C=O) groups excluding carboxylic acids is 1. The van der Waals surface area contributed by atoms with Gasteiger partial charge in [-0.2, -0.15) is 0 Å². The molecular formula is C17H19NO3. The number of ether oxygens (including phenoxy) is 1. The van der Waals surface area contributed by atoms with Crippen LogP contribution in [-0.2, 0) is 16.1 Å². The van der Waals surface area contributed by atoms with Crippen LogP contribution < -0.4 is 5.73 Å². The molecule has 2 aliphatic rings. The van der Waals surface area contributed by atoms with Gasteiger partial charge in [-0.25, -0.2) is 0 Å². The van der Waals surface area contributed by atoms with Crippen molar-refractivity contribution in [1.29, 1.82) is 0 Å². The molecule has 3 rings (SSSR count). The largest absolute Gasteiger partial charge is 0.508 e. The molecule has 1 fully saturated rings. The number of hydrogen-bond acceptors (Lipinski definition) is 4. The molecule has 0 bridgehead atoms. The first-order valence-corrected chi connectivity index (χ1v) is 7.17. The Hall–Kier alpha value is -2.07. The Morgan fingerprint density at radius 3 is 2.81 bits per heavy atom. The van der Waals surface area contributed by atoms with Gasteiger partial charge in [0, 0.05) is 0 Å². The number of nitrogens with two attached hydrogens (primary N) is 1. The quantitative estimate of drug-likeness (QED) is 0.834. The van der Waals surface area contributed by atoms with Gasteiger partial charge in [-0.1, -0.05) is 36.4 Å². The van der Waals surface area contributed by atoms with E-state index in [0.717, 1.165) is 12.0 Å². The standard InChI is InChI=1S/C17H19NO3/c18-17(10-15(17)13-6-8-14(19)9-7-13)16(20)21-11-12-4-2-1-3-5-12/h1-6,8-9,13,15,19H,7,10-11,18H2. The molecule has 0 heterocycles. The van der Waals surface area contributed by atoms with E-state index in [1.807, 2.05) is 36.4 Å². The molecule has 110 valence electrons. The van der Waals surface area contributed by atoms with Crippen LogP contribution in [0.15, 0.2) is 54.3 Å². The average Bonchev–Trinajstić information content (AvgIpc) is 3.20. The van der Waals surface area contributed by atoms with Crippen molar-refractivity contribution in [3.63, 3.8) is 0 Å². The Kier molecular flexibility index (Phi) is 3.55. The number of carbonyl (C=O) groups is 1. The third-order valence-corrected chi connectivity index (χ3v) is 4.28. The van der Waals surface area contributed by atoms with Gasteiger partial charge in [0.05, 0.1) is 0 Å². The molecule has 4 nitrogen and oxygen atoms in total. The van der Waals surface area contributed by atoms with Crippen LogP contribution in [0.3, 0.4) is 0 Å². The highest BCUT2D eigenvalue weighted by atomic mass is 16.5. The second-order valence-corrected chi connectivity index (χ2v) is 5.80. The number of hydrogen-bond donors (Lipinski definition) is 2. The zero-order chi connectivity index (χ0) is 14.9. The van der Waals surface area contributed by atoms with Crippen molar-refractivity contribution in [2.45, 2.75) is 25.0 Å². The van der Waals surface area contributed by atoms with Gasteiger partial charge in [0.1, 0.15) is 17.9 Å². The number of esters is 1. The molecule has 3 unspecified atom stereocenters. The van der Waals surface area contributed by atoms with E-state index in [2.05, 4.69) is 0 Å². The summed E-state index contributed by atoms with van der Waals surface area (Å²) in [5.74, 6) is 0.251. The van der Waals surface area contributed by atoms with Crippen molar-refractivity contribution in [3.05, 3.63) is 59.9 Å². The van der Waals surface area contributed by atoms with E-state index in [1.54, 1.807) is 12.2 Å². The third kappa shape index (κ3) is 2.85. The molecule has 0 amide bonds. The van der Waals surface area contributed by atoms with Crippen LogP contribution in [0.5, 0.6) is 0 Å². The lowest BCUT2D eigenvalue weighted by Gasteiger charge is -2.17. The van der Waals surface area contributed by atoms with Gasteiger partial charge in [0.2, 0.25) is 0 Å². The Morgan fingerprint density at radius 2 is 2.14 bits per heavy atom. The molecule has 2 aliphatic carbocycles. The van der Waals surface area contributed by atoms with E-state index in [1.165, 1.54) is 0 Å². The summed E-state index contributed by atoms with van der Waals surface area (Å²) in [5, 5.41) is 9.33. The van der Waals surface area contributed by atoms with Crippen molar-refractivity contribution in [3.8, 4) is 0 Å². The predicted molar refractivity (Wildman–Crippen MR) is 79.2 cm³/mol. The van der Waals surface area contributed by atoms with Crippen molar-refractivity contribution in [2.24, 2.45) is 17.6 Å². The normalized spacial score (nSPS) is 30.6. The molecule has 1 saturated carbocycles. The van der Waals surface area contributed by atoms with E-state index in [9.17, 15) is 9.90 Å². The van der Waals surface area contributed by atoms with E-state index in [-0.39, 0.29) is 30.2 Å². The van der Waals surface area contributed by atoms with Gasteiger partial charge in [0.15, 0.2) is 0 Å². The molecule has 21 heavy (non-hydrogen) atoms. The molecule has 0 radical (unpaired) electrons. The van der Waals surface area contributed by atoms with Gasteiger partial charge < -0.3 is 15.6 Å². The smallest absolute Gasteiger partial charge is 0.326 e. The number of benzene rings is 1. The second kappa shape index (κ2) is 5.37. The lowest BCUT2D eigenvalue weighted by Crippen LogP contribution is -2.38. The van der Waals surface area contributed by atoms with E-state index < -0.39 is 5.54 Å². The van der Waals surface area contributed by atoms with Crippen LogP contribution in [0.4, 0.5) is 0 Å². The fourth-order valence-corrected chi connectivity index (χ4v) is 2.85. The van der Waals surface area contributed by atoms with Crippen LogP contribution in [0.2, 0.25) is 0 Å². The minimum absolute atomic E-state index is 0.0985. The first kappa shape index (κ1) is 13.9. The summed E-state index contributed by atoms with van der Waals surface area (Å²) >= 11 is 0. The number of allylic oxidation sites excluding steroid dienone is 3. The summed E-state index contributed by atoms with van der Waals surface area (Å²) in [4.78, 5) is 12.2. The molecular weight excluding hydrogens is 266 g/mol. The molecule has 0 saturated heterocycles. The van der Waals surface area contributed by atoms with Crippen molar-refractivity contribution < 1.29 is 14.6 Å². The Bertz CT molecular complexity index is 593. The van der Waals surface area contributed by atoms with Gasteiger partial charge in [-0.15, -0.1) is 0 Å². The van der Waals surface area contributed by atoms with Gasteiger partial charge in [0.25, 0.3) is 0 Å². The minimum Gasteiger partial charge on any atom is -0.508 e. The highest BCUT2D eigenvalue weighted by Gasteiger charge is 2.60. The van der Waals surface area contributed by atoms with Gasteiger partial charge in [-0.3, -0.25) is 4.79 Å². The van der Waals surface area contributed by atoms with Crippen LogP contribution in [0.1, 0.15) is 18.4 Å². The zero-order valence-corrected chi connectivity index (χ0v) is 11.7. The molecule has 1 aromatic carbocycles. The van der Waals surface area contributed by atoms with E-state index in [4.69, 9.17) is 10.5 Å². The monoisotopic (exact) mass is 285 g/mol. The first-order valence-electron chi connectivity index (χ1n) is 7.17. The number of aliphatic hydroxyl groups is 1. The molecule has 0 aliphatic heterocycles. The van der Waals surface area contributed by atoms with Crippen LogP contribution >= 0.6 is 0 Å². The summed E-state index contributed by atoms with van der Waals surface area (Å²) in [6.07, 6.45) is 6.72. The molecule has 0 aromatic heterocycles. The van der Waals surface area contributed by atoms with Gasteiger partial charge >= 0.3 is 5.97 Å². The van der Waals surface area contributed by atoms with Crippen LogP contribution in [-0.4, -0.2) is 16.6 Å². The Balaban J connectivity index is 1.55. The topological polar surface area (TPSA) is 72.6 Å². The second-order valence-electron chi connectivity index (χ2n) is 5.80. The summed E-state index contributed by atoms with van der Waals surface area (Å²) in [5.41, 5.74) is 6.26. The predicted octanol–water partition coefficient (Wildman–Crippen LogP) is 2.47. The summed E-state index contributed by atoms with van der Waals surface area (Å²) < 4.78 is 5.34. The average molecular weight is 285 g/mol. The maximum atomic E-state index is 12.2. The first-order chi connectivity index (χ1) is 10.1. The highest BCUT2D eigenvalue weighted by molar-refractivity contribution is 5.85. The Labute approximate surface area is 123 Å². The van der Waals surface area contributed by atoms with E-state index in [0.29, 0.717) is 6.42 Å². The molecule has 3 N–H and O–H groups in total. The van der Waals surface area contributed by atoms with E-state index >= 15 is 0 Å². The summed E-state index contributed by atoms with van der Waals surface area (Å²) in [6, 6.07) is 9.57.